The molecule has 1 aromatic rings. The van der Waals surface area contributed by atoms with Crippen LogP contribution in [0.25, 0.3) is 0 Å². The fourth-order valence-corrected chi connectivity index (χ4v) is 4.45. The molecule has 11 nitrogen and oxygen atoms in total. The van der Waals surface area contributed by atoms with Crippen molar-refractivity contribution >= 4 is 58.5 Å². The van der Waals surface area contributed by atoms with Crippen LogP contribution in [-0.4, -0.2) is 70.9 Å². The van der Waals surface area contributed by atoms with E-state index in [0.717, 1.165) is 6.08 Å². The first-order valence-electron chi connectivity index (χ1n) is 12.4. The number of nitrogens with two attached hydrogens (primary N) is 1. The summed E-state index contributed by atoms with van der Waals surface area (Å²) in [5.74, 6) is -3.70. The molecule has 1 aromatic carbocycles. The number of amides is 3. The third kappa shape index (κ3) is 8.86. The molecule has 39 heavy (non-hydrogen) atoms. The predicted octanol–water partition coefficient (Wildman–Crippen LogP) is 2.70. The number of aliphatic carboxylic acids is 1. The molecule has 1 aliphatic heterocycles. The molecule has 3 atom stereocenters. The third-order valence-electron chi connectivity index (χ3n) is 6.03. The van der Waals surface area contributed by atoms with Crippen molar-refractivity contribution in [1.82, 2.24) is 15.5 Å². The van der Waals surface area contributed by atoms with Crippen molar-refractivity contribution in [3.05, 3.63) is 39.9 Å². The topological polar surface area (TPSA) is 168 Å². The number of hydrogen-bond acceptors (Lipinski definition) is 7. The normalized spacial score (nSPS) is 17.2. The number of benzene rings is 1. The zero-order chi connectivity index (χ0) is 29.5. The molecule has 13 heteroatoms. The molecule has 214 valence electrons. The maximum Gasteiger partial charge on any atom is 0.349 e. The Balaban J connectivity index is 2.25. The lowest BCUT2D eigenvalue weighted by molar-refractivity contribution is -0.142. The number of nitrogens with one attached hydrogen (secondary N) is 2. The highest BCUT2D eigenvalue weighted by Gasteiger charge is 2.42. The lowest BCUT2D eigenvalue weighted by atomic mass is 9.85. The van der Waals surface area contributed by atoms with E-state index < -0.39 is 59.6 Å². The molecule has 1 saturated heterocycles. The fourth-order valence-electron chi connectivity index (χ4n) is 4.06. The average Bonchev–Trinajstić information content (AvgIpc) is 3.33. The Morgan fingerprint density at radius 3 is 2.46 bits per heavy atom. The van der Waals surface area contributed by atoms with Gasteiger partial charge in [-0.05, 0) is 49.5 Å². The predicted molar refractivity (Wildman–Crippen MR) is 146 cm³/mol. The first kappa shape index (κ1) is 31.9. The molecule has 1 aliphatic rings. The van der Waals surface area contributed by atoms with Crippen LogP contribution in [0.3, 0.4) is 0 Å². The Bertz CT molecular complexity index is 1150. The van der Waals surface area contributed by atoms with E-state index in [4.69, 9.17) is 33.7 Å². The van der Waals surface area contributed by atoms with E-state index in [2.05, 4.69) is 10.6 Å². The number of ether oxygens (including phenoxy) is 1. The van der Waals surface area contributed by atoms with E-state index >= 15 is 0 Å². The second-order valence-electron chi connectivity index (χ2n) is 10.1. The monoisotopic (exact) mass is 584 g/mol. The Labute approximate surface area is 237 Å². The first-order chi connectivity index (χ1) is 18.1. The molecule has 0 saturated carbocycles. The lowest BCUT2D eigenvalue weighted by Gasteiger charge is -2.35. The van der Waals surface area contributed by atoms with Gasteiger partial charge in [-0.15, -0.1) is 0 Å². The molecular formula is C26H34Cl2N4O7. The van der Waals surface area contributed by atoms with Crippen LogP contribution in [0, 0.1) is 5.41 Å². The fraction of sp³-hybridized carbons (Fsp3) is 0.500. The van der Waals surface area contributed by atoms with Crippen LogP contribution in [-0.2, 0) is 23.9 Å². The maximum atomic E-state index is 13.7. The first-order valence-corrected chi connectivity index (χ1v) is 13.1. The van der Waals surface area contributed by atoms with Crippen LogP contribution in [0.5, 0.6) is 0 Å². The minimum Gasteiger partial charge on any atom is -0.481 e. The molecule has 0 aliphatic carbocycles. The second-order valence-corrected chi connectivity index (χ2v) is 11.0. The SMILES string of the molecule is CCOC(=O)/C(Cl)=C/[C@H](CC(=O)O)NC(=O)[C@H]1CCCN1C(=O)[C@H](NC(=O)c1ccc(N)c(Cl)c1)C(C)(C)C. The van der Waals surface area contributed by atoms with Crippen molar-refractivity contribution < 1.29 is 33.8 Å². The number of esters is 1. The molecule has 0 bridgehead atoms. The summed E-state index contributed by atoms with van der Waals surface area (Å²) in [6.07, 6.45) is 1.39. The van der Waals surface area contributed by atoms with Crippen LogP contribution in [0.15, 0.2) is 29.3 Å². The summed E-state index contributed by atoms with van der Waals surface area (Å²) in [5, 5.41) is 14.4. The summed E-state index contributed by atoms with van der Waals surface area (Å²) in [6, 6.07) is 1.34. The number of carboxylic acids is 1. The number of nitrogen functional groups attached to an aromatic ring is 1. The van der Waals surface area contributed by atoms with E-state index in [1.807, 2.05) is 0 Å². The summed E-state index contributed by atoms with van der Waals surface area (Å²) in [4.78, 5) is 64.5. The molecule has 0 unspecified atom stereocenters. The van der Waals surface area contributed by atoms with Crippen LogP contribution >= 0.6 is 23.2 Å². The van der Waals surface area contributed by atoms with Crippen molar-refractivity contribution in [2.45, 2.75) is 65.1 Å². The van der Waals surface area contributed by atoms with Gasteiger partial charge in [0, 0.05) is 12.1 Å². The summed E-state index contributed by atoms with van der Waals surface area (Å²) >= 11 is 12.0. The molecule has 0 spiro atoms. The Morgan fingerprint density at radius 1 is 1.23 bits per heavy atom. The number of carbonyl (C=O) groups is 5. The largest absolute Gasteiger partial charge is 0.481 e. The zero-order valence-electron chi connectivity index (χ0n) is 22.3. The van der Waals surface area contributed by atoms with Gasteiger partial charge < -0.3 is 31.1 Å². The van der Waals surface area contributed by atoms with Crippen LogP contribution in [0.2, 0.25) is 5.02 Å². The number of likely N-dealkylation sites (tertiary alicyclic amines) is 1. The van der Waals surface area contributed by atoms with E-state index in [0.29, 0.717) is 18.5 Å². The van der Waals surface area contributed by atoms with Crippen molar-refractivity contribution in [3.8, 4) is 0 Å². The standard InChI is InChI=1S/C26H34Cl2N4O7/c1-5-39-25(38)17(28)12-15(13-20(33)34)30-23(36)19-7-6-10-32(19)24(37)21(26(2,3)4)31-22(35)14-8-9-18(29)16(27)11-14/h8-9,11-12,15,19,21H,5-7,10,13,29H2,1-4H3,(H,30,36)(H,31,35)(H,33,34)/b17-12-/t15-,19-,21+/m1/s1. The van der Waals surface area contributed by atoms with Crippen LogP contribution in [0.1, 0.15) is 57.3 Å². The Hall–Kier alpha value is -3.31. The average molecular weight is 585 g/mol. The maximum absolute atomic E-state index is 13.7. The number of anilines is 1. The summed E-state index contributed by atoms with van der Waals surface area (Å²) in [6.45, 7) is 7.25. The van der Waals surface area contributed by atoms with Crippen molar-refractivity contribution in [2.75, 3.05) is 18.9 Å². The number of nitrogens with zero attached hydrogens (tertiary/aromatic N) is 1. The summed E-state index contributed by atoms with van der Waals surface area (Å²) < 4.78 is 4.80. The number of halogens is 2. The quantitative estimate of drug-likeness (QED) is 0.185. The van der Waals surface area contributed by atoms with Crippen molar-refractivity contribution in [3.63, 3.8) is 0 Å². The van der Waals surface area contributed by atoms with E-state index in [-0.39, 0.29) is 28.8 Å². The second kappa shape index (κ2) is 13.7. The van der Waals surface area contributed by atoms with Gasteiger partial charge in [-0.1, -0.05) is 44.0 Å². The molecular weight excluding hydrogens is 551 g/mol. The number of rotatable bonds is 10. The van der Waals surface area contributed by atoms with Gasteiger partial charge in [-0.3, -0.25) is 19.2 Å². The van der Waals surface area contributed by atoms with E-state index in [1.165, 1.54) is 23.1 Å². The highest BCUT2D eigenvalue weighted by molar-refractivity contribution is 6.41. The Morgan fingerprint density at radius 2 is 1.90 bits per heavy atom. The Kier molecular flexibility index (Phi) is 11.2. The van der Waals surface area contributed by atoms with Crippen LogP contribution in [0.4, 0.5) is 5.69 Å². The lowest BCUT2D eigenvalue weighted by Crippen LogP contribution is -2.58. The van der Waals surface area contributed by atoms with Gasteiger partial charge in [0.15, 0.2) is 0 Å². The van der Waals surface area contributed by atoms with Gasteiger partial charge in [-0.25, -0.2) is 4.79 Å². The molecule has 1 fully saturated rings. The molecule has 2 rings (SSSR count). The summed E-state index contributed by atoms with van der Waals surface area (Å²) in [5.41, 5.74) is 5.52. The molecule has 3 amide bonds. The minimum absolute atomic E-state index is 0.0643. The van der Waals surface area contributed by atoms with Gasteiger partial charge in [0.25, 0.3) is 5.91 Å². The van der Waals surface area contributed by atoms with Gasteiger partial charge in [0.2, 0.25) is 11.8 Å². The highest BCUT2D eigenvalue weighted by atomic mass is 35.5. The molecule has 5 N–H and O–H groups in total. The molecule has 0 radical (unpaired) electrons. The van der Waals surface area contributed by atoms with Gasteiger partial charge in [0.05, 0.1) is 29.8 Å². The molecule has 1 heterocycles. The minimum atomic E-state index is -1.23. The van der Waals surface area contributed by atoms with Gasteiger partial charge in [0.1, 0.15) is 17.1 Å². The third-order valence-corrected chi connectivity index (χ3v) is 6.64. The number of carbonyl (C=O) groups excluding carboxylic acids is 4. The van der Waals surface area contributed by atoms with Crippen molar-refractivity contribution in [2.24, 2.45) is 5.41 Å². The van der Waals surface area contributed by atoms with Gasteiger partial charge >= 0.3 is 11.9 Å². The van der Waals surface area contributed by atoms with Crippen LogP contribution < -0.4 is 16.4 Å². The molecule has 0 aromatic heterocycles. The smallest absolute Gasteiger partial charge is 0.349 e. The number of carboxylic acid groups (broad SMARTS) is 1. The van der Waals surface area contributed by atoms with E-state index in [9.17, 15) is 29.1 Å². The summed E-state index contributed by atoms with van der Waals surface area (Å²) in [7, 11) is 0. The van der Waals surface area contributed by atoms with Gasteiger partial charge in [-0.2, -0.15) is 0 Å². The zero-order valence-corrected chi connectivity index (χ0v) is 23.8. The number of hydrogen-bond donors (Lipinski definition) is 4. The van der Waals surface area contributed by atoms with Crippen molar-refractivity contribution in [1.29, 1.82) is 0 Å². The van der Waals surface area contributed by atoms with E-state index in [1.54, 1.807) is 27.7 Å². The highest BCUT2D eigenvalue weighted by Crippen LogP contribution is 2.27.